The molecule has 0 aromatic heterocycles. The largest absolute Gasteiger partial charge is 0.488 e. The molecule has 5 nitrogen and oxygen atoms in total. The summed E-state index contributed by atoms with van der Waals surface area (Å²) in [7, 11) is 2.11. The summed E-state index contributed by atoms with van der Waals surface area (Å²) >= 11 is 0. The van der Waals surface area contributed by atoms with Gasteiger partial charge in [-0.2, -0.15) is 0 Å². The molecule has 1 aliphatic heterocycles. The van der Waals surface area contributed by atoms with Crippen molar-refractivity contribution in [2.75, 3.05) is 25.9 Å². The van der Waals surface area contributed by atoms with Gasteiger partial charge >= 0.3 is 5.97 Å². The third kappa shape index (κ3) is 3.61. The molecule has 2 rings (SSSR count). The van der Waals surface area contributed by atoms with E-state index in [-0.39, 0.29) is 11.7 Å². The van der Waals surface area contributed by atoms with Gasteiger partial charge in [0.1, 0.15) is 11.9 Å². The van der Waals surface area contributed by atoms with E-state index in [9.17, 15) is 4.79 Å². The van der Waals surface area contributed by atoms with E-state index < -0.39 is 5.97 Å². The molecule has 1 unspecified atom stereocenters. The number of hydrogen-bond acceptors (Lipinski definition) is 4. The molecule has 0 saturated carbocycles. The van der Waals surface area contributed by atoms with Gasteiger partial charge in [0.15, 0.2) is 0 Å². The van der Waals surface area contributed by atoms with Crippen molar-refractivity contribution >= 4 is 11.7 Å². The first-order valence-corrected chi connectivity index (χ1v) is 6.54. The Morgan fingerprint density at radius 3 is 2.89 bits per heavy atom. The molecule has 1 atom stereocenters. The normalized spacial score (nSPS) is 20.8. The Morgan fingerprint density at radius 2 is 2.21 bits per heavy atom. The SMILES string of the molecule is CN1CCCC(Oc2ccc(C(=O)O)cc2N)CC1. The number of carboxylic acid groups (broad SMARTS) is 1. The number of nitrogens with two attached hydrogens (primary N) is 1. The van der Waals surface area contributed by atoms with Gasteiger partial charge in [-0.25, -0.2) is 4.79 Å². The van der Waals surface area contributed by atoms with E-state index in [1.807, 2.05) is 0 Å². The van der Waals surface area contributed by atoms with Crippen molar-refractivity contribution in [2.45, 2.75) is 25.4 Å². The van der Waals surface area contributed by atoms with Crippen LogP contribution in [0.5, 0.6) is 5.75 Å². The number of anilines is 1. The van der Waals surface area contributed by atoms with Gasteiger partial charge in [0.2, 0.25) is 0 Å². The summed E-state index contributed by atoms with van der Waals surface area (Å²) in [6.07, 6.45) is 3.23. The van der Waals surface area contributed by atoms with Gasteiger partial charge in [-0.05, 0) is 51.1 Å². The standard InChI is InChI=1S/C14H20N2O3/c1-16-7-2-3-11(6-8-16)19-13-5-4-10(14(17)18)9-12(13)15/h4-5,9,11H,2-3,6-8,15H2,1H3,(H,17,18). The Morgan fingerprint density at radius 1 is 1.42 bits per heavy atom. The van der Waals surface area contributed by atoms with E-state index in [0.29, 0.717) is 11.4 Å². The van der Waals surface area contributed by atoms with E-state index >= 15 is 0 Å². The van der Waals surface area contributed by atoms with Crippen molar-refractivity contribution < 1.29 is 14.6 Å². The lowest BCUT2D eigenvalue weighted by molar-refractivity contribution is 0.0697. The number of benzene rings is 1. The van der Waals surface area contributed by atoms with Crippen molar-refractivity contribution in [1.82, 2.24) is 4.90 Å². The van der Waals surface area contributed by atoms with Gasteiger partial charge in [-0.1, -0.05) is 0 Å². The number of aromatic carboxylic acids is 1. The van der Waals surface area contributed by atoms with Crippen molar-refractivity contribution in [1.29, 1.82) is 0 Å². The molecule has 3 N–H and O–H groups in total. The zero-order chi connectivity index (χ0) is 13.8. The Hall–Kier alpha value is -1.75. The quantitative estimate of drug-likeness (QED) is 0.815. The molecule has 19 heavy (non-hydrogen) atoms. The fraction of sp³-hybridized carbons (Fsp3) is 0.500. The van der Waals surface area contributed by atoms with Gasteiger partial charge in [0.25, 0.3) is 0 Å². The molecule has 0 aliphatic carbocycles. The van der Waals surface area contributed by atoms with Crippen molar-refractivity contribution in [2.24, 2.45) is 0 Å². The molecule has 1 heterocycles. The number of hydrogen-bond donors (Lipinski definition) is 2. The summed E-state index contributed by atoms with van der Waals surface area (Å²) in [5.41, 5.74) is 6.42. The molecular weight excluding hydrogens is 244 g/mol. The second-order valence-electron chi connectivity index (χ2n) is 5.03. The van der Waals surface area contributed by atoms with Gasteiger partial charge in [0.05, 0.1) is 11.3 Å². The van der Waals surface area contributed by atoms with E-state index in [1.54, 1.807) is 6.07 Å². The van der Waals surface area contributed by atoms with E-state index in [4.69, 9.17) is 15.6 Å². The van der Waals surface area contributed by atoms with Crippen LogP contribution in [0.4, 0.5) is 5.69 Å². The molecule has 1 aromatic carbocycles. The van der Waals surface area contributed by atoms with Gasteiger partial charge < -0.3 is 20.5 Å². The van der Waals surface area contributed by atoms with Crippen LogP contribution in [-0.2, 0) is 0 Å². The zero-order valence-electron chi connectivity index (χ0n) is 11.1. The highest BCUT2D eigenvalue weighted by atomic mass is 16.5. The number of carbonyl (C=O) groups is 1. The van der Waals surface area contributed by atoms with Crippen LogP contribution in [0, 0.1) is 0 Å². The zero-order valence-corrected chi connectivity index (χ0v) is 11.1. The minimum atomic E-state index is -0.977. The molecule has 0 spiro atoms. The smallest absolute Gasteiger partial charge is 0.335 e. The van der Waals surface area contributed by atoms with E-state index in [2.05, 4.69) is 11.9 Å². The lowest BCUT2D eigenvalue weighted by Crippen LogP contribution is -2.21. The Kier molecular flexibility index (Phi) is 4.27. The number of nitrogens with zero attached hydrogens (tertiary/aromatic N) is 1. The summed E-state index contributed by atoms with van der Waals surface area (Å²) in [4.78, 5) is 13.1. The monoisotopic (exact) mass is 264 g/mol. The number of rotatable bonds is 3. The van der Waals surface area contributed by atoms with Crippen LogP contribution in [0.2, 0.25) is 0 Å². The molecule has 0 radical (unpaired) electrons. The first-order chi connectivity index (χ1) is 9.06. The summed E-state index contributed by atoms with van der Waals surface area (Å²) in [5.74, 6) is -0.395. The van der Waals surface area contributed by atoms with Crippen molar-refractivity contribution in [3.63, 3.8) is 0 Å². The predicted molar refractivity (Wildman–Crippen MR) is 73.6 cm³/mol. The molecule has 1 fully saturated rings. The van der Waals surface area contributed by atoms with Gasteiger partial charge in [0, 0.05) is 6.54 Å². The molecule has 0 bridgehead atoms. The Labute approximate surface area is 113 Å². The average Bonchev–Trinajstić information content (AvgIpc) is 2.57. The van der Waals surface area contributed by atoms with E-state index in [1.165, 1.54) is 12.1 Å². The van der Waals surface area contributed by atoms with Crippen LogP contribution in [0.15, 0.2) is 18.2 Å². The summed E-state index contributed by atoms with van der Waals surface area (Å²) in [6, 6.07) is 4.62. The topological polar surface area (TPSA) is 75.8 Å². The lowest BCUT2D eigenvalue weighted by atomic mass is 10.1. The second-order valence-corrected chi connectivity index (χ2v) is 5.03. The first-order valence-electron chi connectivity index (χ1n) is 6.54. The van der Waals surface area contributed by atoms with Crippen molar-refractivity contribution in [3.05, 3.63) is 23.8 Å². The highest BCUT2D eigenvalue weighted by molar-refractivity contribution is 5.89. The van der Waals surface area contributed by atoms with Crippen LogP contribution < -0.4 is 10.5 Å². The predicted octanol–water partition coefficient (Wildman–Crippen LogP) is 1.83. The van der Waals surface area contributed by atoms with E-state index in [0.717, 1.165) is 32.4 Å². The minimum Gasteiger partial charge on any atom is -0.488 e. The molecule has 5 heteroatoms. The third-order valence-corrected chi connectivity index (χ3v) is 3.45. The number of ether oxygens (including phenoxy) is 1. The molecule has 1 saturated heterocycles. The Bertz CT molecular complexity index is 462. The highest BCUT2D eigenvalue weighted by Crippen LogP contribution is 2.26. The maximum atomic E-state index is 10.8. The van der Waals surface area contributed by atoms with Crippen LogP contribution in [0.1, 0.15) is 29.6 Å². The highest BCUT2D eigenvalue weighted by Gasteiger charge is 2.17. The van der Waals surface area contributed by atoms with Crippen LogP contribution in [0.25, 0.3) is 0 Å². The number of nitrogen functional groups attached to an aromatic ring is 1. The first kappa shape index (κ1) is 13.7. The van der Waals surface area contributed by atoms with Gasteiger partial charge in [-0.15, -0.1) is 0 Å². The van der Waals surface area contributed by atoms with Crippen LogP contribution in [-0.4, -0.2) is 42.2 Å². The Balaban J connectivity index is 2.04. The maximum Gasteiger partial charge on any atom is 0.335 e. The minimum absolute atomic E-state index is 0.155. The van der Waals surface area contributed by atoms with Crippen molar-refractivity contribution in [3.8, 4) is 5.75 Å². The fourth-order valence-corrected chi connectivity index (χ4v) is 2.30. The average molecular weight is 264 g/mol. The molecule has 1 aromatic rings. The molecule has 1 aliphatic rings. The van der Waals surface area contributed by atoms with Gasteiger partial charge in [-0.3, -0.25) is 0 Å². The summed E-state index contributed by atoms with van der Waals surface area (Å²) < 4.78 is 5.90. The summed E-state index contributed by atoms with van der Waals surface area (Å²) in [6.45, 7) is 2.10. The molecule has 0 amide bonds. The fourth-order valence-electron chi connectivity index (χ4n) is 2.30. The molecule has 104 valence electrons. The number of carboxylic acids is 1. The number of likely N-dealkylation sites (tertiary alicyclic amines) is 1. The third-order valence-electron chi connectivity index (χ3n) is 3.45. The summed E-state index contributed by atoms with van der Waals surface area (Å²) in [5, 5.41) is 8.89. The lowest BCUT2D eigenvalue weighted by Gasteiger charge is -2.18. The second kappa shape index (κ2) is 5.93. The van der Waals surface area contributed by atoms with Crippen LogP contribution in [0.3, 0.4) is 0 Å². The van der Waals surface area contributed by atoms with Crippen LogP contribution >= 0.6 is 0 Å². The maximum absolute atomic E-state index is 10.8. The molecular formula is C14H20N2O3.